The second-order valence-corrected chi connectivity index (χ2v) is 5.53. The zero-order chi connectivity index (χ0) is 13.6. The van der Waals surface area contributed by atoms with Crippen LogP contribution in [0.2, 0.25) is 0 Å². The number of rotatable bonds is 3. The van der Waals surface area contributed by atoms with Crippen LogP contribution >= 0.6 is 0 Å². The molecule has 2 aromatic rings. The number of para-hydroxylation sites is 1. The van der Waals surface area contributed by atoms with Crippen LogP contribution < -0.4 is 0 Å². The van der Waals surface area contributed by atoms with E-state index < -0.39 is 0 Å². The van der Waals surface area contributed by atoms with Gasteiger partial charge in [0.15, 0.2) is 0 Å². The van der Waals surface area contributed by atoms with Gasteiger partial charge in [0.1, 0.15) is 0 Å². The molecule has 0 bridgehead atoms. The van der Waals surface area contributed by atoms with Gasteiger partial charge in [-0.15, -0.1) is 0 Å². The molecule has 0 heterocycles. The molecule has 0 radical (unpaired) electrons. The smallest absolute Gasteiger partial charge is 0.0664 e. The highest BCUT2D eigenvalue weighted by Crippen LogP contribution is 2.25. The van der Waals surface area contributed by atoms with Crippen LogP contribution in [0.25, 0.3) is 0 Å². The molecule has 0 unspecified atom stereocenters. The van der Waals surface area contributed by atoms with Gasteiger partial charge in [-0.25, -0.2) is 0 Å². The minimum Gasteiger partial charge on any atom is -0.258 e. The topological polar surface area (TPSA) is 12.4 Å². The quantitative estimate of drug-likeness (QED) is 0.711. The molecular weight excluding hydrogens is 242 g/mol. The summed E-state index contributed by atoms with van der Waals surface area (Å²) in [6.07, 6.45) is 7.30. The van der Waals surface area contributed by atoms with Crippen molar-refractivity contribution in [1.29, 1.82) is 0 Å². The standard InChI is InChI=1S/C19H21N/c1-3-9-16(10-4-1)15-17-11-7-8-14-19(17)20-18-12-5-2-6-13-18/h1,3-4,7-11,14H,2,5-6,12-13,15H2. The minimum absolute atomic E-state index is 0.966. The molecule has 0 atom stereocenters. The van der Waals surface area contributed by atoms with Gasteiger partial charge in [-0.2, -0.15) is 0 Å². The molecule has 1 fully saturated rings. The van der Waals surface area contributed by atoms with Gasteiger partial charge in [-0.1, -0.05) is 55.0 Å². The molecule has 20 heavy (non-hydrogen) atoms. The highest BCUT2D eigenvalue weighted by atomic mass is 14.8. The monoisotopic (exact) mass is 263 g/mol. The molecule has 1 heteroatoms. The van der Waals surface area contributed by atoms with Gasteiger partial charge < -0.3 is 0 Å². The number of benzene rings is 2. The predicted molar refractivity (Wildman–Crippen MR) is 85.9 cm³/mol. The fourth-order valence-electron chi connectivity index (χ4n) is 2.83. The molecule has 1 aliphatic carbocycles. The highest BCUT2D eigenvalue weighted by molar-refractivity contribution is 5.87. The lowest BCUT2D eigenvalue weighted by atomic mass is 9.98. The van der Waals surface area contributed by atoms with Crippen LogP contribution in [-0.4, -0.2) is 5.71 Å². The van der Waals surface area contributed by atoms with E-state index >= 15 is 0 Å². The van der Waals surface area contributed by atoms with Crippen LogP contribution in [0.5, 0.6) is 0 Å². The van der Waals surface area contributed by atoms with E-state index in [0.717, 1.165) is 12.1 Å². The van der Waals surface area contributed by atoms with E-state index in [1.165, 1.54) is 48.9 Å². The van der Waals surface area contributed by atoms with Crippen molar-refractivity contribution in [1.82, 2.24) is 0 Å². The van der Waals surface area contributed by atoms with E-state index in [1.807, 2.05) is 0 Å². The van der Waals surface area contributed by atoms with Gasteiger partial charge >= 0.3 is 0 Å². The molecule has 102 valence electrons. The zero-order valence-electron chi connectivity index (χ0n) is 11.9. The molecule has 0 aliphatic heterocycles. The van der Waals surface area contributed by atoms with Crippen molar-refractivity contribution in [3.8, 4) is 0 Å². The molecule has 1 nitrogen and oxygen atoms in total. The lowest BCUT2D eigenvalue weighted by Gasteiger charge is -2.13. The average molecular weight is 263 g/mol. The van der Waals surface area contributed by atoms with Gasteiger partial charge in [0.2, 0.25) is 0 Å². The first-order valence-electron chi connectivity index (χ1n) is 7.60. The molecule has 0 N–H and O–H groups in total. The second kappa shape index (κ2) is 6.51. The summed E-state index contributed by atoms with van der Waals surface area (Å²) in [4.78, 5) is 4.93. The number of hydrogen-bond donors (Lipinski definition) is 0. The van der Waals surface area contributed by atoms with Crippen molar-refractivity contribution < 1.29 is 0 Å². The summed E-state index contributed by atoms with van der Waals surface area (Å²) in [6.45, 7) is 0. The van der Waals surface area contributed by atoms with Crippen LogP contribution in [0.1, 0.15) is 43.2 Å². The second-order valence-electron chi connectivity index (χ2n) is 5.53. The summed E-state index contributed by atoms with van der Waals surface area (Å²) in [7, 11) is 0. The summed E-state index contributed by atoms with van der Waals surface area (Å²) in [6, 6.07) is 19.2. The first-order chi connectivity index (χ1) is 9.92. The third-order valence-electron chi connectivity index (χ3n) is 3.94. The first-order valence-corrected chi connectivity index (χ1v) is 7.60. The van der Waals surface area contributed by atoms with Crippen LogP contribution in [0, 0.1) is 0 Å². The highest BCUT2D eigenvalue weighted by Gasteiger charge is 2.08. The third kappa shape index (κ3) is 3.36. The average Bonchev–Trinajstić information content (AvgIpc) is 2.51. The number of aliphatic imine (C=N–C) groups is 1. The maximum absolute atomic E-state index is 4.93. The Morgan fingerprint density at radius 1 is 0.750 bits per heavy atom. The van der Waals surface area contributed by atoms with Gasteiger partial charge in [0.25, 0.3) is 0 Å². The summed E-state index contributed by atoms with van der Waals surface area (Å²) >= 11 is 0. The molecular formula is C19H21N. The summed E-state index contributed by atoms with van der Waals surface area (Å²) in [5.74, 6) is 0. The predicted octanol–water partition coefficient (Wildman–Crippen LogP) is 5.31. The Hall–Kier alpha value is -1.89. The fraction of sp³-hybridized carbons (Fsp3) is 0.316. The van der Waals surface area contributed by atoms with Crippen molar-refractivity contribution in [3.05, 3.63) is 65.7 Å². The van der Waals surface area contributed by atoms with Crippen LogP contribution in [0.4, 0.5) is 5.69 Å². The van der Waals surface area contributed by atoms with Crippen LogP contribution in [-0.2, 0) is 6.42 Å². The van der Waals surface area contributed by atoms with E-state index in [-0.39, 0.29) is 0 Å². The SMILES string of the molecule is c1ccc(Cc2ccccc2N=C2CCCCC2)cc1. The lowest BCUT2D eigenvalue weighted by molar-refractivity contribution is 0.667. The van der Waals surface area contributed by atoms with Crippen molar-refractivity contribution >= 4 is 11.4 Å². The third-order valence-corrected chi connectivity index (χ3v) is 3.94. The Kier molecular flexibility index (Phi) is 4.27. The van der Waals surface area contributed by atoms with Gasteiger partial charge in [-0.3, -0.25) is 4.99 Å². The first kappa shape index (κ1) is 13.1. The van der Waals surface area contributed by atoms with E-state index in [2.05, 4.69) is 54.6 Å². The van der Waals surface area contributed by atoms with Crippen LogP contribution in [0.15, 0.2) is 59.6 Å². The molecule has 0 aromatic heterocycles. The largest absolute Gasteiger partial charge is 0.258 e. The molecule has 2 aromatic carbocycles. The Morgan fingerprint density at radius 2 is 1.45 bits per heavy atom. The maximum Gasteiger partial charge on any atom is 0.0664 e. The Labute approximate surface area is 121 Å². The van der Waals surface area contributed by atoms with Crippen molar-refractivity contribution in [2.75, 3.05) is 0 Å². The summed E-state index contributed by atoms with van der Waals surface area (Å²) in [5.41, 5.74) is 5.23. The lowest BCUT2D eigenvalue weighted by Crippen LogP contribution is -2.04. The van der Waals surface area contributed by atoms with Crippen LogP contribution in [0.3, 0.4) is 0 Å². The zero-order valence-corrected chi connectivity index (χ0v) is 11.9. The normalized spacial score (nSPS) is 15.1. The molecule has 0 amide bonds. The van der Waals surface area contributed by atoms with Crippen molar-refractivity contribution in [3.63, 3.8) is 0 Å². The maximum atomic E-state index is 4.93. The molecule has 1 saturated carbocycles. The Bertz CT molecular complexity index is 576. The molecule has 1 aliphatic rings. The Balaban J connectivity index is 1.84. The molecule has 0 spiro atoms. The van der Waals surface area contributed by atoms with E-state index in [1.54, 1.807) is 0 Å². The van der Waals surface area contributed by atoms with Gasteiger partial charge in [-0.05, 0) is 49.3 Å². The van der Waals surface area contributed by atoms with E-state index in [4.69, 9.17) is 4.99 Å². The minimum atomic E-state index is 0.966. The molecule has 3 rings (SSSR count). The van der Waals surface area contributed by atoms with Crippen molar-refractivity contribution in [2.45, 2.75) is 38.5 Å². The van der Waals surface area contributed by atoms with Gasteiger partial charge in [0.05, 0.1) is 5.69 Å². The summed E-state index contributed by atoms with van der Waals surface area (Å²) in [5, 5.41) is 0. The van der Waals surface area contributed by atoms with E-state index in [9.17, 15) is 0 Å². The number of nitrogens with zero attached hydrogens (tertiary/aromatic N) is 1. The van der Waals surface area contributed by atoms with E-state index in [0.29, 0.717) is 0 Å². The molecule has 0 saturated heterocycles. The van der Waals surface area contributed by atoms with Crippen molar-refractivity contribution in [2.24, 2.45) is 4.99 Å². The fourth-order valence-corrected chi connectivity index (χ4v) is 2.83. The van der Waals surface area contributed by atoms with Gasteiger partial charge in [0, 0.05) is 5.71 Å². The Morgan fingerprint density at radius 3 is 2.25 bits per heavy atom. The number of hydrogen-bond acceptors (Lipinski definition) is 1. The summed E-state index contributed by atoms with van der Waals surface area (Å²) < 4.78 is 0.